The predicted molar refractivity (Wildman–Crippen MR) is 283 cm³/mol. The number of benzene rings is 10. The van der Waals surface area contributed by atoms with E-state index in [1.165, 1.54) is 30.9 Å². The Morgan fingerprint density at radius 2 is 1.16 bits per heavy atom. The fraction of sp³-hybridized carbons (Fsp3) is 0. The number of nitrogens with zero attached hydrogens (tertiary/aromatic N) is 3. The Morgan fingerprint density at radius 1 is 0.507 bits per heavy atom. The summed E-state index contributed by atoms with van der Waals surface area (Å²) in [6, 6.07) is 59.1. The van der Waals surface area contributed by atoms with Crippen molar-refractivity contribution < 1.29 is 19.4 Å². The lowest BCUT2D eigenvalue weighted by atomic mass is 9.35. The van der Waals surface area contributed by atoms with E-state index >= 15 is 0 Å². The van der Waals surface area contributed by atoms with Crippen LogP contribution in [0.3, 0.4) is 0 Å². The molecular weight excluding hydrogens is 866 g/mol. The molecule has 0 fully saturated rings. The molecule has 2 aliphatic heterocycles. The summed E-state index contributed by atoms with van der Waals surface area (Å²) in [4.78, 5) is 0. The molecule has 6 heterocycles. The van der Waals surface area contributed by atoms with E-state index < -0.39 is 0 Å². The molecule has 69 heavy (non-hydrogen) atoms. The highest BCUT2D eigenvalue weighted by Crippen LogP contribution is 2.47. The van der Waals surface area contributed by atoms with Gasteiger partial charge in [-0.1, -0.05) is 103 Å². The molecule has 14 aromatic rings. The van der Waals surface area contributed by atoms with Crippen molar-refractivity contribution in [2.45, 2.75) is 0 Å². The number of aromatic nitrogens is 2. The SMILES string of the molecule is [2H]c1c([2H])c([2H])c2c(c1[2H])c1cc(C#N)ccc1n2-c1ccc2c(c1)Oc1cc(-c3cccc4c3oc3ccc5sc6ccccc6c5c34)cc3c1B2c1ccc(-n2c4ccccc4c4ccccc42)cc1O3. The largest absolute Gasteiger partial charge is 0.458 e. The Bertz CT molecular complexity index is 4860. The van der Waals surface area contributed by atoms with Crippen molar-refractivity contribution >= 4 is 120 Å². The van der Waals surface area contributed by atoms with Crippen LogP contribution in [0.5, 0.6) is 23.0 Å². The molecule has 16 rings (SSSR count). The average Bonchev–Trinajstić information content (AvgIpc) is 4.21. The molecule has 2 aliphatic rings. The van der Waals surface area contributed by atoms with E-state index in [0.29, 0.717) is 50.3 Å². The van der Waals surface area contributed by atoms with Crippen molar-refractivity contribution in [3.8, 4) is 51.6 Å². The Morgan fingerprint density at radius 3 is 1.90 bits per heavy atom. The summed E-state index contributed by atoms with van der Waals surface area (Å²) < 4.78 is 63.3. The van der Waals surface area contributed by atoms with Gasteiger partial charge in [-0.25, -0.2) is 0 Å². The Labute approximate surface area is 403 Å². The lowest BCUT2D eigenvalue weighted by molar-refractivity contribution is 0.464. The molecule has 10 aromatic carbocycles. The number of thiophene rings is 1. The third kappa shape index (κ3) is 5.04. The van der Waals surface area contributed by atoms with Gasteiger partial charge < -0.3 is 23.0 Å². The van der Waals surface area contributed by atoms with Crippen LogP contribution in [0.25, 0.3) is 108 Å². The van der Waals surface area contributed by atoms with Gasteiger partial charge in [-0.3, -0.25) is 0 Å². The first-order chi connectivity index (χ1) is 35.8. The minimum Gasteiger partial charge on any atom is -0.458 e. The number of fused-ring (bicyclic) bond motifs is 17. The third-order valence-electron chi connectivity index (χ3n) is 14.4. The van der Waals surface area contributed by atoms with Crippen molar-refractivity contribution in [3.05, 3.63) is 200 Å². The van der Waals surface area contributed by atoms with E-state index in [9.17, 15) is 6.63 Å². The number of rotatable bonds is 3. The monoisotopic (exact) mass is 901 g/mol. The number of para-hydroxylation sites is 4. The number of nitriles is 1. The number of hydrogen-bond donors (Lipinski definition) is 0. The maximum Gasteiger partial charge on any atom is 0.260 e. The first-order valence-corrected chi connectivity index (χ1v) is 23.6. The third-order valence-corrected chi connectivity index (χ3v) is 15.5. The molecule has 318 valence electrons. The van der Waals surface area contributed by atoms with Gasteiger partial charge in [0.25, 0.3) is 6.71 Å². The van der Waals surface area contributed by atoms with Crippen LogP contribution in [0, 0.1) is 11.3 Å². The van der Waals surface area contributed by atoms with E-state index in [1.54, 1.807) is 23.5 Å². The molecule has 0 bridgehead atoms. The molecule has 0 N–H and O–H groups in total. The van der Waals surface area contributed by atoms with E-state index in [0.717, 1.165) is 71.9 Å². The molecule has 6 nitrogen and oxygen atoms in total. The van der Waals surface area contributed by atoms with Crippen molar-refractivity contribution in [2.75, 3.05) is 0 Å². The molecule has 0 atom stereocenters. The zero-order valence-electron chi connectivity index (χ0n) is 40.2. The van der Waals surface area contributed by atoms with Crippen molar-refractivity contribution in [2.24, 2.45) is 0 Å². The molecular formula is C61H32BN3O3S. The Hall–Kier alpha value is -9.03. The van der Waals surface area contributed by atoms with Crippen LogP contribution in [-0.4, -0.2) is 15.8 Å². The summed E-state index contributed by atoms with van der Waals surface area (Å²) in [5.74, 6) is 2.61. The number of ether oxygens (including phenoxy) is 2. The molecule has 4 aromatic heterocycles. The maximum absolute atomic E-state index is 9.92. The lowest BCUT2D eigenvalue weighted by Gasteiger charge is -2.34. The van der Waals surface area contributed by atoms with Gasteiger partial charge in [0.1, 0.15) is 34.2 Å². The van der Waals surface area contributed by atoms with Crippen LogP contribution in [-0.2, 0) is 0 Å². The summed E-state index contributed by atoms with van der Waals surface area (Å²) in [5.41, 5.74) is 11.3. The topological polar surface area (TPSA) is 65.2 Å². The second-order valence-corrected chi connectivity index (χ2v) is 19.0. The highest BCUT2D eigenvalue weighted by Gasteiger charge is 2.41. The lowest BCUT2D eigenvalue weighted by Crippen LogP contribution is -2.57. The van der Waals surface area contributed by atoms with Crippen LogP contribution in [0.15, 0.2) is 198 Å². The standard InChI is InChI=1S/C61H32BN3O3S/c63-33-34-20-25-50-44(28-34)41-12-3-7-18-49(41)65(50)37-22-24-46-53(32-37)67-55-30-35(38-14-9-15-43-58-51(68-61(38)43)26-27-57-59(58)42-13-4-8-19-56(42)69-57)29-54-60(55)62(46)45-23-21-36(31-52(45)66-54)64-47-16-5-1-10-39(47)40-11-2-6-17-48(40)64/h1-32H/i3D,7D,12D,18D. The summed E-state index contributed by atoms with van der Waals surface area (Å²) in [6.45, 7) is -0.302. The molecule has 8 heteroatoms. The highest BCUT2D eigenvalue weighted by atomic mass is 32.1. The molecule has 0 unspecified atom stereocenters. The van der Waals surface area contributed by atoms with Crippen LogP contribution in [0.2, 0.25) is 0 Å². The molecule has 0 amide bonds. The van der Waals surface area contributed by atoms with E-state index in [-0.39, 0.29) is 30.9 Å². The number of furan rings is 1. The van der Waals surface area contributed by atoms with Crippen molar-refractivity contribution in [3.63, 3.8) is 0 Å². The van der Waals surface area contributed by atoms with E-state index in [1.807, 2.05) is 22.8 Å². The van der Waals surface area contributed by atoms with Gasteiger partial charge in [-0.2, -0.15) is 5.26 Å². The van der Waals surface area contributed by atoms with Gasteiger partial charge in [-0.15, -0.1) is 11.3 Å². The fourth-order valence-corrected chi connectivity index (χ4v) is 12.6. The highest BCUT2D eigenvalue weighted by molar-refractivity contribution is 7.26. The average molecular weight is 902 g/mol. The zero-order valence-corrected chi connectivity index (χ0v) is 37.0. The van der Waals surface area contributed by atoms with Crippen LogP contribution < -0.4 is 25.9 Å². The van der Waals surface area contributed by atoms with E-state index in [2.05, 4.69) is 150 Å². The second kappa shape index (κ2) is 13.5. The summed E-state index contributed by atoms with van der Waals surface area (Å²) >= 11 is 1.79. The zero-order chi connectivity index (χ0) is 48.5. The smallest absolute Gasteiger partial charge is 0.260 e. The Balaban J connectivity index is 0.933. The summed E-state index contributed by atoms with van der Waals surface area (Å²) in [6.07, 6.45) is 0. The van der Waals surface area contributed by atoms with Gasteiger partial charge in [0.2, 0.25) is 0 Å². The molecule has 0 aliphatic carbocycles. The van der Waals surface area contributed by atoms with Crippen LogP contribution in [0.1, 0.15) is 11.0 Å². The summed E-state index contributed by atoms with van der Waals surface area (Å²) in [5, 5.41) is 17.7. The van der Waals surface area contributed by atoms with Gasteiger partial charge in [0.15, 0.2) is 0 Å². The molecule has 0 spiro atoms. The van der Waals surface area contributed by atoms with E-state index in [4.69, 9.17) is 18.0 Å². The maximum atomic E-state index is 9.92. The van der Waals surface area contributed by atoms with Gasteiger partial charge in [0.05, 0.1) is 39.2 Å². The fourth-order valence-electron chi connectivity index (χ4n) is 11.5. The van der Waals surface area contributed by atoms with Crippen LogP contribution >= 0.6 is 11.3 Å². The van der Waals surface area contributed by atoms with Gasteiger partial charge >= 0.3 is 0 Å². The summed E-state index contributed by atoms with van der Waals surface area (Å²) in [7, 11) is 0. The Kier molecular flexibility index (Phi) is 6.56. The predicted octanol–water partition coefficient (Wildman–Crippen LogP) is 14.4. The second-order valence-electron chi connectivity index (χ2n) is 17.9. The minimum atomic E-state index is -0.336. The first-order valence-electron chi connectivity index (χ1n) is 24.8. The molecule has 0 saturated heterocycles. The normalized spacial score (nSPS) is 13.6. The van der Waals surface area contributed by atoms with Crippen molar-refractivity contribution in [1.82, 2.24) is 9.13 Å². The first kappa shape index (κ1) is 33.4. The minimum absolute atomic E-state index is 0.162. The quantitative estimate of drug-likeness (QED) is 0.166. The molecule has 0 saturated carbocycles. The molecule has 0 radical (unpaired) electrons. The van der Waals surface area contributed by atoms with Gasteiger partial charge in [-0.05, 0) is 95.3 Å². The number of hydrogen-bond acceptors (Lipinski definition) is 5. The van der Waals surface area contributed by atoms with Crippen LogP contribution in [0.4, 0.5) is 0 Å². The van der Waals surface area contributed by atoms with Gasteiger partial charge in [0, 0.05) is 87.0 Å². The van der Waals surface area contributed by atoms with Crippen molar-refractivity contribution in [1.29, 1.82) is 5.26 Å².